The van der Waals surface area contributed by atoms with E-state index in [1.54, 1.807) is 30.3 Å². The zero-order valence-corrected chi connectivity index (χ0v) is 10.9. The van der Waals surface area contributed by atoms with Crippen LogP contribution in [0.1, 0.15) is 17.2 Å². The number of nitro benzene ring substituents is 2. The van der Waals surface area contributed by atoms with Gasteiger partial charge in [-0.25, -0.2) is 0 Å². The number of hydrogen-bond donors (Lipinski definition) is 1. The first-order chi connectivity index (χ1) is 9.99. The van der Waals surface area contributed by atoms with Gasteiger partial charge < -0.3 is 5.11 Å². The van der Waals surface area contributed by atoms with E-state index in [9.17, 15) is 25.3 Å². The third-order valence-electron chi connectivity index (χ3n) is 3.07. The Balaban J connectivity index is 2.31. The van der Waals surface area contributed by atoms with E-state index in [1.807, 2.05) is 0 Å². The molecule has 0 spiro atoms. The zero-order chi connectivity index (χ0) is 15.4. The van der Waals surface area contributed by atoms with Gasteiger partial charge in [-0.2, -0.15) is 0 Å². The molecule has 0 bridgehead atoms. The highest BCUT2D eigenvalue weighted by Crippen LogP contribution is 2.28. The molecule has 1 unspecified atom stereocenters. The van der Waals surface area contributed by atoms with Crippen LogP contribution in [0.5, 0.6) is 0 Å². The standard InChI is InChI=1S/C14H12N2O5/c17-14(10-4-2-1-3-5-10)8-11-6-7-12(15(18)19)9-13(11)16(20)21/h1-7,9,14,17H,8H2. The van der Waals surface area contributed by atoms with Gasteiger partial charge in [-0.05, 0) is 11.6 Å². The van der Waals surface area contributed by atoms with Gasteiger partial charge in [0.05, 0.1) is 22.0 Å². The maximum absolute atomic E-state index is 11.0. The van der Waals surface area contributed by atoms with E-state index in [0.717, 1.165) is 6.07 Å². The van der Waals surface area contributed by atoms with E-state index in [0.29, 0.717) is 5.56 Å². The van der Waals surface area contributed by atoms with Gasteiger partial charge in [0.15, 0.2) is 0 Å². The summed E-state index contributed by atoms with van der Waals surface area (Å²) in [5.74, 6) is 0. The number of nitrogens with zero attached hydrogens (tertiary/aromatic N) is 2. The smallest absolute Gasteiger partial charge is 0.279 e. The van der Waals surface area contributed by atoms with E-state index in [2.05, 4.69) is 0 Å². The molecule has 2 aromatic carbocycles. The zero-order valence-electron chi connectivity index (χ0n) is 10.9. The van der Waals surface area contributed by atoms with Crippen molar-refractivity contribution in [2.45, 2.75) is 12.5 Å². The molecule has 0 aromatic heterocycles. The lowest BCUT2D eigenvalue weighted by atomic mass is 10.00. The number of aliphatic hydroxyl groups is 1. The molecule has 1 N–H and O–H groups in total. The summed E-state index contributed by atoms with van der Waals surface area (Å²) in [5, 5.41) is 31.8. The quantitative estimate of drug-likeness (QED) is 0.672. The van der Waals surface area contributed by atoms with Gasteiger partial charge in [0, 0.05) is 18.1 Å². The molecule has 0 aliphatic carbocycles. The molecular formula is C14H12N2O5. The highest BCUT2D eigenvalue weighted by molar-refractivity contribution is 5.49. The van der Waals surface area contributed by atoms with E-state index >= 15 is 0 Å². The lowest BCUT2D eigenvalue weighted by Crippen LogP contribution is -2.05. The maximum atomic E-state index is 11.0. The molecule has 0 aliphatic heterocycles. The summed E-state index contributed by atoms with van der Waals surface area (Å²) in [7, 11) is 0. The number of hydrogen-bond acceptors (Lipinski definition) is 5. The normalized spacial score (nSPS) is 11.9. The van der Waals surface area contributed by atoms with Crippen molar-refractivity contribution in [2.24, 2.45) is 0 Å². The van der Waals surface area contributed by atoms with Crippen LogP contribution in [0.15, 0.2) is 48.5 Å². The van der Waals surface area contributed by atoms with Crippen LogP contribution in [0.3, 0.4) is 0 Å². The molecule has 7 nitrogen and oxygen atoms in total. The Morgan fingerprint density at radius 3 is 2.24 bits per heavy atom. The molecule has 2 rings (SSSR count). The summed E-state index contributed by atoms with van der Waals surface area (Å²) in [4.78, 5) is 20.3. The number of rotatable bonds is 5. The van der Waals surface area contributed by atoms with Gasteiger partial charge >= 0.3 is 0 Å². The maximum Gasteiger partial charge on any atom is 0.279 e. The van der Waals surface area contributed by atoms with E-state index < -0.39 is 16.0 Å². The van der Waals surface area contributed by atoms with Crippen LogP contribution in [0.2, 0.25) is 0 Å². The van der Waals surface area contributed by atoms with Crippen molar-refractivity contribution in [3.05, 3.63) is 79.9 Å². The second kappa shape index (κ2) is 6.10. The first-order valence-electron chi connectivity index (χ1n) is 6.13. The van der Waals surface area contributed by atoms with Crippen molar-refractivity contribution in [3.8, 4) is 0 Å². The fourth-order valence-corrected chi connectivity index (χ4v) is 2.01. The minimum atomic E-state index is -0.911. The van der Waals surface area contributed by atoms with Crippen molar-refractivity contribution in [2.75, 3.05) is 0 Å². The van der Waals surface area contributed by atoms with Crippen molar-refractivity contribution in [1.82, 2.24) is 0 Å². The summed E-state index contributed by atoms with van der Waals surface area (Å²) >= 11 is 0. The summed E-state index contributed by atoms with van der Waals surface area (Å²) in [6, 6.07) is 12.1. The molecule has 21 heavy (non-hydrogen) atoms. The van der Waals surface area contributed by atoms with Crippen LogP contribution in [-0.2, 0) is 6.42 Å². The molecule has 0 radical (unpaired) electrons. The van der Waals surface area contributed by atoms with E-state index in [-0.39, 0.29) is 23.4 Å². The van der Waals surface area contributed by atoms with Gasteiger partial charge in [0.25, 0.3) is 11.4 Å². The lowest BCUT2D eigenvalue weighted by molar-refractivity contribution is -0.394. The molecule has 7 heteroatoms. The minimum absolute atomic E-state index is 0.0122. The van der Waals surface area contributed by atoms with Crippen LogP contribution in [-0.4, -0.2) is 15.0 Å². The van der Waals surface area contributed by atoms with E-state index in [1.165, 1.54) is 12.1 Å². The van der Waals surface area contributed by atoms with Gasteiger partial charge in [0.1, 0.15) is 0 Å². The molecule has 0 aliphatic rings. The minimum Gasteiger partial charge on any atom is -0.388 e. The first-order valence-corrected chi connectivity index (χ1v) is 6.13. The number of benzene rings is 2. The highest BCUT2D eigenvalue weighted by Gasteiger charge is 2.21. The SMILES string of the molecule is O=[N+]([O-])c1ccc(CC(O)c2ccccc2)c([N+](=O)[O-])c1. The van der Waals surface area contributed by atoms with Crippen molar-refractivity contribution >= 4 is 11.4 Å². The molecule has 1 atom stereocenters. The summed E-state index contributed by atoms with van der Waals surface area (Å²) in [5.41, 5.74) is 0.172. The number of non-ortho nitro benzene ring substituents is 1. The predicted octanol–water partition coefficient (Wildman–Crippen LogP) is 2.78. The summed E-state index contributed by atoms with van der Waals surface area (Å²) in [6.45, 7) is 0. The Kier molecular flexibility index (Phi) is 4.24. The molecule has 2 aromatic rings. The first kappa shape index (κ1) is 14.6. The third-order valence-corrected chi connectivity index (χ3v) is 3.07. The number of nitro groups is 2. The molecule has 0 saturated carbocycles. The predicted molar refractivity (Wildman–Crippen MR) is 74.9 cm³/mol. The Bertz CT molecular complexity index is 672. The van der Waals surface area contributed by atoms with Crippen LogP contribution in [0, 0.1) is 20.2 Å². The fraction of sp³-hybridized carbons (Fsp3) is 0.143. The van der Waals surface area contributed by atoms with Gasteiger partial charge in [-0.1, -0.05) is 30.3 Å². The Hall–Kier alpha value is -2.80. The van der Waals surface area contributed by atoms with E-state index in [4.69, 9.17) is 0 Å². The van der Waals surface area contributed by atoms with Gasteiger partial charge in [-0.15, -0.1) is 0 Å². The molecule has 0 fully saturated rings. The average Bonchev–Trinajstić information content (AvgIpc) is 2.48. The molecule has 108 valence electrons. The monoisotopic (exact) mass is 288 g/mol. The Morgan fingerprint density at radius 1 is 1.00 bits per heavy atom. The van der Waals surface area contributed by atoms with Crippen molar-refractivity contribution in [1.29, 1.82) is 0 Å². The molecule has 0 amide bonds. The van der Waals surface area contributed by atoms with Crippen molar-refractivity contribution < 1.29 is 15.0 Å². The highest BCUT2D eigenvalue weighted by atomic mass is 16.6. The Morgan fingerprint density at radius 2 is 1.67 bits per heavy atom. The van der Waals surface area contributed by atoms with Crippen LogP contribution in [0.25, 0.3) is 0 Å². The van der Waals surface area contributed by atoms with Crippen LogP contribution in [0.4, 0.5) is 11.4 Å². The van der Waals surface area contributed by atoms with Crippen LogP contribution < -0.4 is 0 Å². The van der Waals surface area contributed by atoms with Gasteiger partial charge in [-0.3, -0.25) is 20.2 Å². The molecular weight excluding hydrogens is 276 g/mol. The van der Waals surface area contributed by atoms with Crippen molar-refractivity contribution in [3.63, 3.8) is 0 Å². The summed E-state index contributed by atoms with van der Waals surface area (Å²) < 4.78 is 0. The molecule has 0 heterocycles. The van der Waals surface area contributed by atoms with Gasteiger partial charge in [0.2, 0.25) is 0 Å². The average molecular weight is 288 g/mol. The fourth-order valence-electron chi connectivity index (χ4n) is 2.01. The summed E-state index contributed by atoms with van der Waals surface area (Å²) in [6.07, 6.45) is -0.899. The largest absolute Gasteiger partial charge is 0.388 e. The second-order valence-corrected chi connectivity index (χ2v) is 4.46. The second-order valence-electron chi connectivity index (χ2n) is 4.46. The third kappa shape index (κ3) is 3.40. The lowest BCUT2D eigenvalue weighted by Gasteiger charge is -2.11. The number of aliphatic hydroxyl groups excluding tert-OH is 1. The molecule has 0 saturated heterocycles. The Labute approximate surface area is 119 Å². The van der Waals surface area contributed by atoms with Crippen LogP contribution >= 0.6 is 0 Å². The topological polar surface area (TPSA) is 107 Å².